The summed E-state index contributed by atoms with van der Waals surface area (Å²) in [4.78, 5) is 11.6. The van der Waals surface area contributed by atoms with Gasteiger partial charge in [-0.3, -0.25) is 0 Å². The number of carbonyl (C=O) groups is 1. The van der Waals surface area contributed by atoms with Gasteiger partial charge in [-0.25, -0.2) is 4.79 Å². The van der Waals surface area contributed by atoms with E-state index in [1.54, 1.807) is 0 Å². The number of amides is 1. The topological polar surface area (TPSA) is 38.3 Å². The molecule has 94 valence electrons. The molecule has 0 aromatic heterocycles. The Morgan fingerprint density at radius 1 is 1.35 bits per heavy atom. The van der Waals surface area contributed by atoms with Gasteiger partial charge in [0.15, 0.2) is 0 Å². The van der Waals surface area contributed by atoms with Crippen LogP contribution in [0, 0.1) is 0 Å². The number of alkyl halides is 1. The minimum Gasteiger partial charge on any atom is -0.444 e. The Balaban J connectivity index is 2.62. The molecule has 0 radical (unpaired) electrons. The molecule has 1 aromatic rings. The van der Waals surface area contributed by atoms with E-state index in [-0.39, 0.29) is 6.04 Å². The standard InChI is InChI=1S/C13H18BrNO2/c1-13(2,3)17-12(16)15-11(9-14)10-7-5-4-6-8-10/h4-8,11H,9H2,1-3H3,(H,15,16). The van der Waals surface area contributed by atoms with Gasteiger partial charge in [0.1, 0.15) is 5.60 Å². The number of nitrogens with one attached hydrogen (secondary N) is 1. The van der Waals surface area contributed by atoms with Crippen LogP contribution in [0.2, 0.25) is 0 Å². The maximum Gasteiger partial charge on any atom is 0.408 e. The normalized spacial score (nSPS) is 12.9. The van der Waals surface area contributed by atoms with Crippen LogP contribution < -0.4 is 5.32 Å². The van der Waals surface area contributed by atoms with Crippen molar-refractivity contribution >= 4 is 22.0 Å². The SMILES string of the molecule is CC(C)(C)OC(=O)NC(CBr)c1ccccc1. The maximum atomic E-state index is 11.6. The lowest BCUT2D eigenvalue weighted by Gasteiger charge is -2.23. The molecule has 0 aliphatic rings. The van der Waals surface area contributed by atoms with Crippen molar-refractivity contribution in [2.24, 2.45) is 0 Å². The van der Waals surface area contributed by atoms with E-state index in [2.05, 4.69) is 21.2 Å². The van der Waals surface area contributed by atoms with Crippen LogP contribution in [-0.2, 0) is 4.74 Å². The van der Waals surface area contributed by atoms with Crippen molar-refractivity contribution in [3.8, 4) is 0 Å². The second-order valence-corrected chi connectivity index (χ2v) is 5.41. The molecule has 1 amide bonds. The Morgan fingerprint density at radius 2 is 1.94 bits per heavy atom. The predicted molar refractivity (Wildman–Crippen MR) is 72.3 cm³/mol. The zero-order valence-corrected chi connectivity index (χ0v) is 12.0. The third-order valence-electron chi connectivity index (χ3n) is 2.05. The Bertz CT molecular complexity index is 359. The van der Waals surface area contributed by atoms with Crippen molar-refractivity contribution in [2.75, 3.05) is 5.33 Å². The molecule has 17 heavy (non-hydrogen) atoms. The van der Waals surface area contributed by atoms with Gasteiger partial charge in [0.25, 0.3) is 0 Å². The quantitative estimate of drug-likeness (QED) is 0.865. The molecule has 1 atom stereocenters. The Kier molecular flexibility index (Phi) is 5.00. The van der Waals surface area contributed by atoms with Crippen molar-refractivity contribution in [1.29, 1.82) is 0 Å². The van der Waals surface area contributed by atoms with E-state index in [9.17, 15) is 4.79 Å². The molecule has 0 aliphatic carbocycles. The highest BCUT2D eigenvalue weighted by molar-refractivity contribution is 9.09. The van der Waals surface area contributed by atoms with Gasteiger partial charge in [-0.05, 0) is 26.3 Å². The number of halogens is 1. The van der Waals surface area contributed by atoms with Gasteiger partial charge in [-0.1, -0.05) is 46.3 Å². The Labute approximate surface area is 111 Å². The van der Waals surface area contributed by atoms with Gasteiger partial charge < -0.3 is 10.1 Å². The number of alkyl carbamates (subject to hydrolysis) is 1. The van der Waals surface area contributed by atoms with E-state index < -0.39 is 11.7 Å². The average Bonchev–Trinajstić information content (AvgIpc) is 2.24. The largest absolute Gasteiger partial charge is 0.444 e. The van der Waals surface area contributed by atoms with Crippen molar-refractivity contribution in [3.05, 3.63) is 35.9 Å². The fraction of sp³-hybridized carbons (Fsp3) is 0.462. The van der Waals surface area contributed by atoms with Crippen LogP contribution in [0.25, 0.3) is 0 Å². The number of hydrogen-bond donors (Lipinski definition) is 1. The minimum atomic E-state index is -0.475. The van der Waals surface area contributed by atoms with Crippen molar-refractivity contribution < 1.29 is 9.53 Å². The van der Waals surface area contributed by atoms with Gasteiger partial charge in [0.2, 0.25) is 0 Å². The number of rotatable bonds is 3. The van der Waals surface area contributed by atoms with Crippen LogP contribution in [0.5, 0.6) is 0 Å². The van der Waals surface area contributed by atoms with E-state index in [0.717, 1.165) is 5.56 Å². The Morgan fingerprint density at radius 3 is 2.41 bits per heavy atom. The van der Waals surface area contributed by atoms with Crippen molar-refractivity contribution in [2.45, 2.75) is 32.4 Å². The summed E-state index contributed by atoms with van der Waals surface area (Å²) in [6, 6.07) is 9.71. The summed E-state index contributed by atoms with van der Waals surface area (Å²) in [5, 5.41) is 3.48. The van der Waals surface area contributed by atoms with Gasteiger partial charge in [-0.15, -0.1) is 0 Å². The smallest absolute Gasteiger partial charge is 0.408 e. The van der Waals surface area contributed by atoms with Crippen LogP contribution >= 0.6 is 15.9 Å². The second-order valence-electron chi connectivity index (χ2n) is 4.76. The maximum absolute atomic E-state index is 11.6. The summed E-state index contributed by atoms with van der Waals surface area (Å²) in [7, 11) is 0. The fourth-order valence-corrected chi connectivity index (χ4v) is 1.88. The first-order valence-corrected chi connectivity index (χ1v) is 6.65. The molecule has 0 spiro atoms. The predicted octanol–water partition coefficient (Wildman–Crippen LogP) is 3.65. The average molecular weight is 300 g/mol. The first-order valence-electron chi connectivity index (χ1n) is 5.53. The summed E-state index contributed by atoms with van der Waals surface area (Å²) in [5.74, 6) is 0. The molecule has 0 saturated carbocycles. The third kappa shape index (κ3) is 5.22. The first kappa shape index (κ1) is 14.0. The number of ether oxygens (including phenoxy) is 1. The lowest BCUT2D eigenvalue weighted by molar-refractivity contribution is 0.0509. The van der Waals surface area contributed by atoms with Crippen molar-refractivity contribution in [3.63, 3.8) is 0 Å². The van der Waals surface area contributed by atoms with Gasteiger partial charge in [-0.2, -0.15) is 0 Å². The number of benzene rings is 1. The molecule has 0 fully saturated rings. The van der Waals surface area contributed by atoms with E-state index in [1.165, 1.54) is 0 Å². The summed E-state index contributed by atoms with van der Waals surface area (Å²) >= 11 is 3.39. The van der Waals surface area contributed by atoms with Gasteiger partial charge >= 0.3 is 6.09 Å². The second kappa shape index (κ2) is 6.05. The Hall–Kier alpha value is -1.03. The van der Waals surface area contributed by atoms with Crippen LogP contribution in [0.15, 0.2) is 30.3 Å². The summed E-state index contributed by atoms with van der Waals surface area (Å²) in [6.07, 6.45) is -0.397. The monoisotopic (exact) mass is 299 g/mol. The molecule has 1 N–H and O–H groups in total. The number of hydrogen-bond acceptors (Lipinski definition) is 2. The minimum absolute atomic E-state index is 0.0777. The van der Waals surface area contributed by atoms with Crippen LogP contribution in [0.3, 0.4) is 0 Å². The lowest BCUT2D eigenvalue weighted by Crippen LogP contribution is -2.35. The van der Waals surface area contributed by atoms with E-state index in [0.29, 0.717) is 5.33 Å². The fourth-order valence-electron chi connectivity index (χ4n) is 1.35. The molecule has 0 bridgehead atoms. The molecule has 1 aromatic carbocycles. The molecule has 4 heteroatoms. The lowest BCUT2D eigenvalue weighted by atomic mass is 10.1. The zero-order valence-electron chi connectivity index (χ0n) is 10.4. The molecule has 0 aliphatic heterocycles. The third-order valence-corrected chi connectivity index (χ3v) is 2.69. The van der Waals surface area contributed by atoms with Gasteiger partial charge in [0.05, 0.1) is 6.04 Å². The van der Waals surface area contributed by atoms with Crippen LogP contribution in [0.1, 0.15) is 32.4 Å². The summed E-state index contributed by atoms with van der Waals surface area (Å²) in [6.45, 7) is 5.54. The zero-order chi connectivity index (χ0) is 12.9. The highest BCUT2D eigenvalue weighted by Crippen LogP contribution is 2.16. The van der Waals surface area contributed by atoms with E-state index in [4.69, 9.17) is 4.74 Å². The van der Waals surface area contributed by atoms with Crippen LogP contribution in [0.4, 0.5) is 4.79 Å². The molecule has 0 saturated heterocycles. The molecule has 1 unspecified atom stereocenters. The highest BCUT2D eigenvalue weighted by Gasteiger charge is 2.19. The van der Waals surface area contributed by atoms with Crippen molar-refractivity contribution in [1.82, 2.24) is 5.32 Å². The molecular weight excluding hydrogens is 282 g/mol. The van der Waals surface area contributed by atoms with E-state index >= 15 is 0 Å². The summed E-state index contributed by atoms with van der Waals surface area (Å²) < 4.78 is 5.22. The van der Waals surface area contributed by atoms with Gasteiger partial charge in [0, 0.05) is 5.33 Å². The molecule has 0 heterocycles. The molecule has 1 rings (SSSR count). The first-order chi connectivity index (χ1) is 7.92. The van der Waals surface area contributed by atoms with Crippen LogP contribution in [-0.4, -0.2) is 17.0 Å². The number of carbonyl (C=O) groups excluding carboxylic acids is 1. The van der Waals surface area contributed by atoms with E-state index in [1.807, 2.05) is 51.1 Å². The summed E-state index contributed by atoms with van der Waals surface area (Å²) in [5.41, 5.74) is 0.577. The molecular formula is C13H18BrNO2. The molecule has 3 nitrogen and oxygen atoms in total. The highest BCUT2D eigenvalue weighted by atomic mass is 79.9.